The molecule has 1 aromatic rings. The zero-order valence-electron chi connectivity index (χ0n) is 9.79. The highest BCUT2D eigenvalue weighted by molar-refractivity contribution is 5.08. The molecular formula is C12H21N3. The van der Waals surface area contributed by atoms with Gasteiger partial charge in [-0.2, -0.15) is 5.10 Å². The molecule has 0 saturated carbocycles. The highest BCUT2D eigenvalue weighted by Gasteiger charge is 2.29. The second-order valence-electron chi connectivity index (χ2n) is 4.81. The molecule has 0 radical (unpaired) electrons. The number of rotatable bonds is 4. The lowest BCUT2D eigenvalue weighted by Crippen LogP contribution is -2.39. The Morgan fingerprint density at radius 1 is 1.60 bits per heavy atom. The number of hydrogen-bond acceptors (Lipinski definition) is 2. The molecule has 0 amide bonds. The van der Waals surface area contributed by atoms with E-state index in [9.17, 15) is 0 Å². The van der Waals surface area contributed by atoms with Crippen LogP contribution in [0.2, 0.25) is 0 Å². The van der Waals surface area contributed by atoms with Crippen molar-refractivity contribution in [3.8, 4) is 0 Å². The van der Waals surface area contributed by atoms with Crippen LogP contribution in [0.1, 0.15) is 38.8 Å². The lowest BCUT2D eigenvalue weighted by atomic mass is 9.94. The molecule has 1 aromatic heterocycles. The fraction of sp³-hybridized carbons (Fsp3) is 0.750. The van der Waals surface area contributed by atoms with Gasteiger partial charge in [-0.15, -0.1) is 0 Å². The van der Waals surface area contributed by atoms with Crippen molar-refractivity contribution in [1.29, 1.82) is 0 Å². The SMILES string of the molecule is CCCn1nccc1CC1(C)CCCN1. The molecular weight excluding hydrogens is 186 g/mol. The summed E-state index contributed by atoms with van der Waals surface area (Å²) in [5.74, 6) is 0. The van der Waals surface area contributed by atoms with Crippen molar-refractivity contribution in [2.45, 2.75) is 51.6 Å². The molecule has 84 valence electrons. The molecule has 3 heteroatoms. The molecule has 0 aliphatic carbocycles. The molecule has 1 unspecified atom stereocenters. The van der Waals surface area contributed by atoms with E-state index in [1.807, 2.05) is 6.20 Å². The van der Waals surface area contributed by atoms with Gasteiger partial charge >= 0.3 is 0 Å². The van der Waals surface area contributed by atoms with Crippen LogP contribution in [-0.4, -0.2) is 21.9 Å². The minimum absolute atomic E-state index is 0.297. The quantitative estimate of drug-likeness (QED) is 0.818. The summed E-state index contributed by atoms with van der Waals surface area (Å²) in [7, 11) is 0. The topological polar surface area (TPSA) is 29.9 Å². The maximum atomic E-state index is 4.37. The van der Waals surface area contributed by atoms with Gasteiger partial charge in [0.2, 0.25) is 0 Å². The maximum Gasteiger partial charge on any atom is 0.0492 e. The van der Waals surface area contributed by atoms with Crippen molar-refractivity contribution in [3.63, 3.8) is 0 Å². The van der Waals surface area contributed by atoms with Crippen molar-refractivity contribution in [2.24, 2.45) is 0 Å². The Morgan fingerprint density at radius 3 is 3.13 bits per heavy atom. The standard InChI is InChI=1S/C12H21N3/c1-3-9-15-11(5-8-14-15)10-12(2)6-4-7-13-12/h5,8,13H,3-4,6-7,9-10H2,1-2H3. The van der Waals surface area contributed by atoms with Crippen molar-refractivity contribution in [1.82, 2.24) is 15.1 Å². The van der Waals surface area contributed by atoms with E-state index in [1.54, 1.807) is 0 Å². The Labute approximate surface area is 91.9 Å². The molecule has 3 nitrogen and oxygen atoms in total. The van der Waals surface area contributed by atoms with Gasteiger partial charge < -0.3 is 5.32 Å². The van der Waals surface area contributed by atoms with Crippen molar-refractivity contribution in [2.75, 3.05) is 6.54 Å². The molecule has 1 atom stereocenters. The molecule has 0 bridgehead atoms. The van der Waals surface area contributed by atoms with Crippen molar-refractivity contribution >= 4 is 0 Å². The van der Waals surface area contributed by atoms with Gasteiger partial charge in [-0.3, -0.25) is 4.68 Å². The van der Waals surface area contributed by atoms with Gasteiger partial charge in [-0.25, -0.2) is 0 Å². The summed E-state index contributed by atoms with van der Waals surface area (Å²) in [5, 5.41) is 7.97. The molecule has 1 aliphatic heterocycles. The van der Waals surface area contributed by atoms with E-state index < -0.39 is 0 Å². The van der Waals surface area contributed by atoms with Crippen LogP contribution in [0.5, 0.6) is 0 Å². The van der Waals surface area contributed by atoms with Crippen LogP contribution in [0.4, 0.5) is 0 Å². The average Bonchev–Trinajstić information content (AvgIpc) is 2.78. The number of aryl methyl sites for hydroxylation is 1. The Balaban J connectivity index is 2.06. The van der Waals surface area contributed by atoms with Crippen LogP contribution >= 0.6 is 0 Å². The highest BCUT2D eigenvalue weighted by Crippen LogP contribution is 2.23. The third-order valence-corrected chi connectivity index (χ3v) is 3.27. The molecule has 1 aliphatic rings. The third-order valence-electron chi connectivity index (χ3n) is 3.27. The fourth-order valence-corrected chi connectivity index (χ4v) is 2.43. The first-order valence-corrected chi connectivity index (χ1v) is 5.99. The highest BCUT2D eigenvalue weighted by atomic mass is 15.3. The van der Waals surface area contributed by atoms with Crippen molar-refractivity contribution < 1.29 is 0 Å². The van der Waals surface area contributed by atoms with Gasteiger partial charge in [0, 0.05) is 30.4 Å². The summed E-state index contributed by atoms with van der Waals surface area (Å²) in [5.41, 5.74) is 1.67. The van der Waals surface area contributed by atoms with Gasteiger partial charge in [0.1, 0.15) is 0 Å². The molecule has 0 spiro atoms. The fourth-order valence-electron chi connectivity index (χ4n) is 2.43. The monoisotopic (exact) mass is 207 g/mol. The van der Waals surface area contributed by atoms with E-state index in [-0.39, 0.29) is 0 Å². The largest absolute Gasteiger partial charge is 0.311 e. The van der Waals surface area contributed by atoms with E-state index in [0.29, 0.717) is 5.54 Å². The van der Waals surface area contributed by atoms with E-state index in [0.717, 1.165) is 19.4 Å². The van der Waals surface area contributed by atoms with E-state index in [2.05, 4.69) is 35.0 Å². The Hall–Kier alpha value is -0.830. The normalized spacial score (nSPS) is 26.0. The van der Waals surface area contributed by atoms with E-state index in [4.69, 9.17) is 0 Å². The van der Waals surface area contributed by atoms with Gasteiger partial charge in [0.25, 0.3) is 0 Å². The molecule has 1 fully saturated rings. The number of hydrogen-bond donors (Lipinski definition) is 1. The van der Waals surface area contributed by atoms with Crippen LogP contribution in [0.3, 0.4) is 0 Å². The summed E-state index contributed by atoms with van der Waals surface area (Å²) in [6.07, 6.45) is 6.76. The Kier molecular flexibility index (Phi) is 3.10. The summed E-state index contributed by atoms with van der Waals surface area (Å²) < 4.78 is 2.14. The molecule has 2 rings (SSSR count). The predicted molar refractivity (Wildman–Crippen MR) is 61.9 cm³/mol. The number of nitrogens with zero attached hydrogens (tertiary/aromatic N) is 2. The molecule has 2 heterocycles. The molecule has 0 aromatic carbocycles. The third kappa shape index (κ3) is 2.40. The zero-order valence-corrected chi connectivity index (χ0v) is 9.79. The molecule has 1 N–H and O–H groups in total. The zero-order chi connectivity index (χ0) is 10.7. The maximum absolute atomic E-state index is 4.37. The first-order valence-electron chi connectivity index (χ1n) is 5.99. The van der Waals surface area contributed by atoms with Gasteiger partial charge in [0.05, 0.1) is 0 Å². The first kappa shape index (κ1) is 10.7. The average molecular weight is 207 g/mol. The number of nitrogens with one attached hydrogen (secondary N) is 1. The second kappa shape index (κ2) is 4.35. The Morgan fingerprint density at radius 2 is 2.47 bits per heavy atom. The van der Waals surface area contributed by atoms with Crippen LogP contribution in [0.15, 0.2) is 12.3 Å². The summed E-state index contributed by atoms with van der Waals surface area (Å²) in [6, 6.07) is 2.15. The van der Waals surface area contributed by atoms with Crippen LogP contribution in [0, 0.1) is 0 Å². The van der Waals surface area contributed by atoms with Crippen LogP contribution < -0.4 is 5.32 Å². The van der Waals surface area contributed by atoms with Crippen LogP contribution in [0.25, 0.3) is 0 Å². The summed E-state index contributed by atoms with van der Waals surface area (Å²) >= 11 is 0. The number of aromatic nitrogens is 2. The Bertz CT molecular complexity index is 310. The molecule has 15 heavy (non-hydrogen) atoms. The molecule has 1 saturated heterocycles. The van der Waals surface area contributed by atoms with E-state index >= 15 is 0 Å². The van der Waals surface area contributed by atoms with Crippen molar-refractivity contribution in [3.05, 3.63) is 18.0 Å². The van der Waals surface area contributed by atoms with Gasteiger partial charge in [0.15, 0.2) is 0 Å². The second-order valence-corrected chi connectivity index (χ2v) is 4.81. The minimum Gasteiger partial charge on any atom is -0.311 e. The van der Waals surface area contributed by atoms with E-state index in [1.165, 1.54) is 25.1 Å². The lowest BCUT2D eigenvalue weighted by Gasteiger charge is -2.24. The minimum atomic E-state index is 0.297. The predicted octanol–water partition coefficient (Wildman–Crippen LogP) is 1.98. The summed E-state index contributed by atoms with van der Waals surface area (Å²) in [4.78, 5) is 0. The van der Waals surface area contributed by atoms with Crippen LogP contribution in [-0.2, 0) is 13.0 Å². The summed E-state index contributed by atoms with van der Waals surface area (Å²) in [6.45, 7) is 6.72. The van der Waals surface area contributed by atoms with Gasteiger partial charge in [-0.1, -0.05) is 6.92 Å². The first-order chi connectivity index (χ1) is 7.23. The smallest absolute Gasteiger partial charge is 0.0492 e. The van der Waals surface area contributed by atoms with Gasteiger partial charge in [-0.05, 0) is 38.8 Å². The lowest BCUT2D eigenvalue weighted by molar-refractivity contribution is 0.395.